The summed E-state index contributed by atoms with van der Waals surface area (Å²) in [6.45, 7) is 8.14. The van der Waals surface area contributed by atoms with Gasteiger partial charge >= 0.3 is 5.97 Å². The SMILES string of the molecule is CCCCCC(C(C)C)C(N)C(C)C(=O)O. The summed E-state index contributed by atoms with van der Waals surface area (Å²) in [5, 5.41) is 8.97. The van der Waals surface area contributed by atoms with Gasteiger partial charge in [0.15, 0.2) is 0 Å². The maximum absolute atomic E-state index is 10.9. The zero-order valence-electron chi connectivity index (χ0n) is 11.1. The van der Waals surface area contributed by atoms with Crippen LogP contribution in [0.4, 0.5) is 0 Å². The molecule has 0 aliphatic rings. The fraction of sp³-hybridized carbons (Fsp3) is 0.923. The molecule has 0 aromatic heterocycles. The number of hydrogen-bond acceptors (Lipinski definition) is 2. The Bertz CT molecular complexity index is 204. The minimum absolute atomic E-state index is 0.227. The Balaban J connectivity index is 4.34. The topological polar surface area (TPSA) is 63.3 Å². The van der Waals surface area contributed by atoms with Crippen LogP contribution < -0.4 is 5.73 Å². The van der Waals surface area contributed by atoms with E-state index in [-0.39, 0.29) is 6.04 Å². The quantitative estimate of drug-likeness (QED) is 0.629. The lowest BCUT2D eigenvalue weighted by Gasteiger charge is -2.30. The van der Waals surface area contributed by atoms with Gasteiger partial charge in [-0.3, -0.25) is 4.79 Å². The first-order chi connectivity index (χ1) is 7.41. The lowest BCUT2D eigenvalue weighted by molar-refractivity contribution is -0.142. The van der Waals surface area contributed by atoms with Gasteiger partial charge in [-0.15, -0.1) is 0 Å². The van der Waals surface area contributed by atoms with Crippen LogP contribution in [-0.2, 0) is 4.79 Å². The third-order valence-electron chi connectivity index (χ3n) is 3.46. The second-order valence-corrected chi connectivity index (χ2v) is 5.11. The van der Waals surface area contributed by atoms with E-state index < -0.39 is 11.9 Å². The van der Waals surface area contributed by atoms with E-state index in [9.17, 15) is 4.79 Å². The molecule has 0 aliphatic carbocycles. The predicted molar refractivity (Wildman–Crippen MR) is 67.2 cm³/mol. The highest BCUT2D eigenvalue weighted by Gasteiger charge is 2.29. The highest BCUT2D eigenvalue weighted by molar-refractivity contribution is 5.70. The first kappa shape index (κ1) is 15.4. The molecule has 16 heavy (non-hydrogen) atoms. The van der Waals surface area contributed by atoms with E-state index in [0.29, 0.717) is 11.8 Å². The highest BCUT2D eigenvalue weighted by Crippen LogP contribution is 2.25. The number of carboxylic acid groups (broad SMARTS) is 1. The molecule has 3 N–H and O–H groups in total. The number of carboxylic acids is 1. The first-order valence-corrected chi connectivity index (χ1v) is 6.40. The van der Waals surface area contributed by atoms with Crippen molar-refractivity contribution >= 4 is 5.97 Å². The molecule has 0 spiro atoms. The molecular formula is C13H27NO2. The van der Waals surface area contributed by atoms with Crippen molar-refractivity contribution in [2.24, 2.45) is 23.5 Å². The molecule has 0 heterocycles. The fourth-order valence-electron chi connectivity index (χ4n) is 2.14. The summed E-state index contributed by atoms with van der Waals surface area (Å²) in [6, 6.07) is -0.227. The van der Waals surface area contributed by atoms with E-state index in [1.807, 2.05) is 0 Å². The van der Waals surface area contributed by atoms with E-state index in [0.717, 1.165) is 12.8 Å². The van der Waals surface area contributed by atoms with Crippen LogP contribution in [0.1, 0.15) is 53.4 Å². The average Bonchev–Trinajstić information content (AvgIpc) is 2.21. The zero-order valence-corrected chi connectivity index (χ0v) is 11.1. The Kier molecular flexibility index (Phi) is 7.39. The average molecular weight is 229 g/mol. The van der Waals surface area contributed by atoms with Crippen LogP contribution in [0.5, 0.6) is 0 Å². The number of carbonyl (C=O) groups is 1. The predicted octanol–water partition coefficient (Wildman–Crippen LogP) is 2.89. The summed E-state index contributed by atoms with van der Waals surface area (Å²) < 4.78 is 0. The lowest BCUT2D eigenvalue weighted by Crippen LogP contribution is -2.42. The molecule has 0 saturated carbocycles. The molecule has 3 heteroatoms. The van der Waals surface area contributed by atoms with E-state index in [1.54, 1.807) is 6.92 Å². The van der Waals surface area contributed by atoms with Crippen molar-refractivity contribution in [1.29, 1.82) is 0 Å². The van der Waals surface area contributed by atoms with Crippen molar-refractivity contribution in [3.05, 3.63) is 0 Å². The van der Waals surface area contributed by atoms with Gasteiger partial charge in [0.25, 0.3) is 0 Å². The molecule has 3 nitrogen and oxygen atoms in total. The molecule has 3 unspecified atom stereocenters. The highest BCUT2D eigenvalue weighted by atomic mass is 16.4. The van der Waals surface area contributed by atoms with Crippen LogP contribution in [0.15, 0.2) is 0 Å². The van der Waals surface area contributed by atoms with Gasteiger partial charge in [-0.2, -0.15) is 0 Å². The number of nitrogens with two attached hydrogens (primary N) is 1. The summed E-state index contributed by atoms with van der Waals surface area (Å²) >= 11 is 0. The summed E-state index contributed by atoms with van der Waals surface area (Å²) in [4.78, 5) is 10.9. The third-order valence-corrected chi connectivity index (χ3v) is 3.46. The molecule has 3 atom stereocenters. The van der Waals surface area contributed by atoms with Crippen molar-refractivity contribution < 1.29 is 9.90 Å². The van der Waals surface area contributed by atoms with Crippen LogP contribution in [0.2, 0.25) is 0 Å². The molecule has 0 radical (unpaired) electrons. The molecule has 0 rings (SSSR count). The standard InChI is InChI=1S/C13H27NO2/c1-5-6-7-8-11(9(2)3)12(14)10(4)13(15)16/h9-12H,5-8,14H2,1-4H3,(H,15,16). The van der Waals surface area contributed by atoms with Crippen molar-refractivity contribution in [2.45, 2.75) is 59.4 Å². The summed E-state index contributed by atoms with van der Waals surface area (Å²) in [5.41, 5.74) is 6.06. The maximum atomic E-state index is 10.9. The molecule has 0 saturated heterocycles. The minimum Gasteiger partial charge on any atom is -0.481 e. The van der Waals surface area contributed by atoms with E-state index in [1.165, 1.54) is 12.8 Å². The Hall–Kier alpha value is -0.570. The second-order valence-electron chi connectivity index (χ2n) is 5.11. The van der Waals surface area contributed by atoms with Gasteiger partial charge in [-0.25, -0.2) is 0 Å². The number of unbranched alkanes of at least 4 members (excludes halogenated alkanes) is 2. The van der Waals surface area contributed by atoms with Gasteiger partial charge in [-0.05, 0) is 18.3 Å². The summed E-state index contributed by atoms with van der Waals surface area (Å²) in [6.07, 6.45) is 4.59. The zero-order chi connectivity index (χ0) is 12.7. The van der Waals surface area contributed by atoms with Gasteiger partial charge in [-0.1, -0.05) is 47.0 Å². The van der Waals surface area contributed by atoms with Gasteiger partial charge < -0.3 is 10.8 Å². The summed E-state index contributed by atoms with van der Waals surface area (Å²) in [7, 11) is 0. The monoisotopic (exact) mass is 229 g/mol. The molecule has 0 aromatic carbocycles. The van der Waals surface area contributed by atoms with Gasteiger partial charge in [0.05, 0.1) is 5.92 Å². The fourth-order valence-corrected chi connectivity index (χ4v) is 2.14. The molecular weight excluding hydrogens is 202 g/mol. The largest absolute Gasteiger partial charge is 0.481 e. The van der Waals surface area contributed by atoms with Crippen LogP contribution in [-0.4, -0.2) is 17.1 Å². The summed E-state index contributed by atoms with van der Waals surface area (Å²) in [5.74, 6) is -0.464. The van der Waals surface area contributed by atoms with E-state index in [4.69, 9.17) is 10.8 Å². The normalized spacial score (nSPS) is 17.1. The molecule has 0 aliphatic heterocycles. The lowest BCUT2D eigenvalue weighted by atomic mass is 9.79. The Labute approximate surface area is 99.4 Å². The number of aliphatic carboxylic acids is 1. The Morgan fingerprint density at radius 1 is 1.25 bits per heavy atom. The van der Waals surface area contributed by atoms with E-state index in [2.05, 4.69) is 20.8 Å². The smallest absolute Gasteiger partial charge is 0.307 e. The van der Waals surface area contributed by atoms with Gasteiger partial charge in [0, 0.05) is 6.04 Å². The molecule has 0 fully saturated rings. The van der Waals surface area contributed by atoms with Gasteiger partial charge in [0.1, 0.15) is 0 Å². The van der Waals surface area contributed by atoms with Gasteiger partial charge in [0.2, 0.25) is 0 Å². The van der Waals surface area contributed by atoms with Crippen LogP contribution in [0, 0.1) is 17.8 Å². The number of rotatable bonds is 8. The molecule has 96 valence electrons. The van der Waals surface area contributed by atoms with Crippen LogP contribution in [0.25, 0.3) is 0 Å². The Morgan fingerprint density at radius 2 is 1.81 bits per heavy atom. The molecule has 0 amide bonds. The third kappa shape index (κ3) is 4.97. The maximum Gasteiger partial charge on any atom is 0.307 e. The van der Waals surface area contributed by atoms with Crippen molar-refractivity contribution in [2.75, 3.05) is 0 Å². The molecule has 0 aromatic rings. The van der Waals surface area contributed by atoms with Crippen LogP contribution >= 0.6 is 0 Å². The van der Waals surface area contributed by atoms with Crippen molar-refractivity contribution in [1.82, 2.24) is 0 Å². The first-order valence-electron chi connectivity index (χ1n) is 6.40. The second kappa shape index (κ2) is 7.66. The molecule has 0 bridgehead atoms. The van der Waals surface area contributed by atoms with Crippen molar-refractivity contribution in [3.63, 3.8) is 0 Å². The van der Waals surface area contributed by atoms with E-state index >= 15 is 0 Å². The Morgan fingerprint density at radius 3 is 2.19 bits per heavy atom. The minimum atomic E-state index is -0.784. The van der Waals surface area contributed by atoms with Crippen LogP contribution in [0.3, 0.4) is 0 Å². The number of hydrogen-bond donors (Lipinski definition) is 2. The van der Waals surface area contributed by atoms with Crippen molar-refractivity contribution in [3.8, 4) is 0 Å².